The third-order valence-corrected chi connectivity index (χ3v) is 5.71. The summed E-state index contributed by atoms with van der Waals surface area (Å²) < 4.78 is 0. The molecule has 0 radical (unpaired) electrons. The Kier molecular flexibility index (Phi) is 6.58. The van der Waals surface area contributed by atoms with E-state index in [4.69, 9.17) is 10.4 Å². The molecule has 3 heterocycles. The van der Waals surface area contributed by atoms with Crippen LogP contribution in [0.25, 0.3) is 16.6 Å². The van der Waals surface area contributed by atoms with Crippen LogP contribution in [-0.4, -0.2) is 39.1 Å². The molecule has 0 atom stereocenters. The third-order valence-electron chi connectivity index (χ3n) is 5.71. The molecule has 3 aromatic rings. The van der Waals surface area contributed by atoms with E-state index in [-0.39, 0.29) is 0 Å². The fourth-order valence-electron chi connectivity index (χ4n) is 3.91. The molecule has 0 unspecified atom stereocenters. The predicted molar refractivity (Wildman–Crippen MR) is 129 cm³/mol. The van der Waals surface area contributed by atoms with Gasteiger partial charge in [0.2, 0.25) is 0 Å². The molecule has 8 heteroatoms. The monoisotopic (exact) mass is 430 g/mol. The van der Waals surface area contributed by atoms with E-state index >= 15 is 0 Å². The van der Waals surface area contributed by atoms with Crippen molar-refractivity contribution in [2.45, 2.75) is 51.5 Å². The number of pyridine rings is 2. The average molecular weight is 431 g/mol. The lowest BCUT2D eigenvalue weighted by Crippen LogP contribution is -2.33. The summed E-state index contributed by atoms with van der Waals surface area (Å²) in [6, 6.07) is 8.14. The molecule has 1 aliphatic carbocycles. The molecule has 1 fully saturated rings. The summed E-state index contributed by atoms with van der Waals surface area (Å²) in [6.07, 6.45) is 10.1. The van der Waals surface area contributed by atoms with Crippen molar-refractivity contribution in [3.05, 3.63) is 54.0 Å². The fourth-order valence-corrected chi connectivity index (χ4v) is 3.91. The van der Waals surface area contributed by atoms with E-state index < -0.39 is 0 Å². The van der Waals surface area contributed by atoms with E-state index in [9.17, 15) is 0 Å². The molecule has 8 nitrogen and oxygen atoms in total. The largest absolute Gasteiger partial charge is 0.393 e. The molecule has 4 N–H and O–H groups in total. The van der Waals surface area contributed by atoms with Crippen molar-refractivity contribution in [3.63, 3.8) is 0 Å². The summed E-state index contributed by atoms with van der Waals surface area (Å²) in [7, 11) is 1.84. The normalized spacial score (nSPS) is 14.7. The van der Waals surface area contributed by atoms with Gasteiger partial charge in [-0.25, -0.2) is 4.98 Å². The van der Waals surface area contributed by atoms with Gasteiger partial charge in [-0.05, 0) is 48.6 Å². The molecular weight excluding hydrogens is 400 g/mol. The standard InChI is InChI=1S/C24H30N8/c1-15(2)16-11-23(32-28-13-16)31-22-9-8-20-21(30-22)10-17(12-27-20)19(14-26-3)24(25)29-18-6-4-5-7-18/h8-15,18,26H,4-7H2,1-3H3,(H2,25,29)(H,30,31,32)/b19-14-. The summed E-state index contributed by atoms with van der Waals surface area (Å²) >= 11 is 0. The minimum absolute atomic E-state index is 0.368. The number of anilines is 2. The van der Waals surface area contributed by atoms with Gasteiger partial charge in [-0.1, -0.05) is 26.7 Å². The Morgan fingerprint density at radius 2 is 1.91 bits per heavy atom. The van der Waals surface area contributed by atoms with E-state index in [0.29, 0.717) is 29.4 Å². The second-order valence-electron chi connectivity index (χ2n) is 8.46. The van der Waals surface area contributed by atoms with Crippen molar-refractivity contribution < 1.29 is 0 Å². The molecule has 0 bridgehead atoms. The number of amidine groups is 1. The molecule has 1 saturated carbocycles. The minimum Gasteiger partial charge on any atom is -0.393 e. The second-order valence-corrected chi connectivity index (χ2v) is 8.46. The Morgan fingerprint density at radius 3 is 2.66 bits per heavy atom. The fraction of sp³-hybridized carbons (Fsp3) is 0.375. The first-order valence-electron chi connectivity index (χ1n) is 11.1. The number of nitrogens with zero attached hydrogens (tertiary/aromatic N) is 4. The molecule has 166 valence electrons. The molecule has 1 aliphatic rings. The molecule has 0 saturated heterocycles. The van der Waals surface area contributed by atoms with Crippen LogP contribution in [0.15, 0.2) is 42.9 Å². The van der Waals surface area contributed by atoms with E-state index in [1.165, 1.54) is 12.8 Å². The van der Waals surface area contributed by atoms with Gasteiger partial charge in [0.05, 0.1) is 17.2 Å². The van der Waals surface area contributed by atoms with Crippen LogP contribution in [0.5, 0.6) is 0 Å². The van der Waals surface area contributed by atoms with Crippen molar-refractivity contribution in [2.75, 3.05) is 12.4 Å². The van der Waals surface area contributed by atoms with Crippen molar-refractivity contribution >= 4 is 34.1 Å². The van der Waals surface area contributed by atoms with Gasteiger partial charge in [-0.2, -0.15) is 5.10 Å². The highest BCUT2D eigenvalue weighted by Gasteiger charge is 2.18. The summed E-state index contributed by atoms with van der Waals surface area (Å²) in [5, 5.41) is 26.5. The van der Waals surface area contributed by atoms with Gasteiger partial charge in [-0.3, -0.25) is 10.4 Å². The van der Waals surface area contributed by atoms with Crippen molar-refractivity contribution in [2.24, 2.45) is 0 Å². The zero-order valence-corrected chi connectivity index (χ0v) is 18.8. The van der Waals surface area contributed by atoms with Crippen LogP contribution in [0, 0.1) is 5.41 Å². The summed E-state index contributed by atoms with van der Waals surface area (Å²) in [5.74, 6) is 2.10. The molecule has 0 aliphatic heterocycles. The van der Waals surface area contributed by atoms with Crippen molar-refractivity contribution in [3.8, 4) is 0 Å². The Balaban J connectivity index is 1.60. The Morgan fingerprint density at radius 1 is 1.09 bits per heavy atom. The van der Waals surface area contributed by atoms with E-state index in [1.54, 1.807) is 12.4 Å². The van der Waals surface area contributed by atoms with Crippen molar-refractivity contribution in [1.29, 1.82) is 5.41 Å². The van der Waals surface area contributed by atoms with E-state index in [0.717, 1.165) is 40.6 Å². The second kappa shape index (κ2) is 9.72. The lowest BCUT2D eigenvalue weighted by Gasteiger charge is -2.17. The van der Waals surface area contributed by atoms with Gasteiger partial charge < -0.3 is 16.0 Å². The molecule has 0 aromatic carbocycles. The molecule has 32 heavy (non-hydrogen) atoms. The highest BCUT2D eigenvalue weighted by Crippen LogP contribution is 2.24. The summed E-state index contributed by atoms with van der Waals surface area (Å²) in [6.45, 7) is 4.25. The van der Waals surface area contributed by atoms with Crippen LogP contribution in [-0.2, 0) is 0 Å². The Bertz CT molecular complexity index is 1130. The SMILES string of the molecule is CN/C=C(\C(=N)NC1CCCC1)c1cnc2ccc(Nc3cc(C(C)C)cnn3)nc2c1. The number of hydrogen-bond acceptors (Lipinski definition) is 7. The Labute approximate surface area is 188 Å². The van der Waals surface area contributed by atoms with Crippen LogP contribution in [0.4, 0.5) is 11.6 Å². The van der Waals surface area contributed by atoms with E-state index in [1.807, 2.05) is 37.5 Å². The van der Waals surface area contributed by atoms with Crippen LogP contribution in [0.1, 0.15) is 56.6 Å². The maximum atomic E-state index is 8.61. The van der Waals surface area contributed by atoms with Gasteiger partial charge in [0.15, 0.2) is 5.82 Å². The van der Waals surface area contributed by atoms with Crippen LogP contribution >= 0.6 is 0 Å². The number of rotatable bonds is 7. The molecular formula is C24H30N8. The number of nitrogens with one attached hydrogen (secondary N) is 4. The molecule has 0 amide bonds. The van der Waals surface area contributed by atoms with Gasteiger partial charge in [0.25, 0.3) is 0 Å². The number of fused-ring (bicyclic) bond motifs is 1. The average Bonchev–Trinajstić information content (AvgIpc) is 3.30. The summed E-state index contributed by atoms with van der Waals surface area (Å²) in [5.41, 5.74) is 4.26. The first-order valence-corrected chi connectivity index (χ1v) is 11.1. The van der Waals surface area contributed by atoms with E-state index in [2.05, 4.69) is 45.0 Å². The zero-order chi connectivity index (χ0) is 22.5. The topological polar surface area (TPSA) is 112 Å². The van der Waals surface area contributed by atoms with Gasteiger partial charge in [0, 0.05) is 36.6 Å². The predicted octanol–water partition coefficient (Wildman–Crippen LogP) is 4.36. The van der Waals surface area contributed by atoms with Crippen LogP contribution in [0.3, 0.4) is 0 Å². The molecule has 4 rings (SSSR count). The van der Waals surface area contributed by atoms with Crippen LogP contribution in [0.2, 0.25) is 0 Å². The molecule has 3 aromatic heterocycles. The lowest BCUT2D eigenvalue weighted by molar-refractivity contribution is 0.631. The quantitative estimate of drug-likeness (QED) is 0.325. The first-order chi connectivity index (χ1) is 15.5. The van der Waals surface area contributed by atoms with Gasteiger partial charge in [0.1, 0.15) is 11.7 Å². The zero-order valence-electron chi connectivity index (χ0n) is 18.8. The number of aromatic nitrogens is 4. The highest BCUT2D eigenvalue weighted by molar-refractivity contribution is 6.21. The minimum atomic E-state index is 0.368. The smallest absolute Gasteiger partial charge is 0.154 e. The highest BCUT2D eigenvalue weighted by atomic mass is 15.2. The van der Waals surface area contributed by atoms with Gasteiger partial charge >= 0.3 is 0 Å². The van der Waals surface area contributed by atoms with Crippen LogP contribution < -0.4 is 16.0 Å². The van der Waals surface area contributed by atoms with Crippen molar-refractivity contribution in [1.82, 2.24) is 30.8 Å². The lowest BCUT2D eigenvalue weighted by atomic mass is 10.1. The molecule has 0 spiro atoms. The maximum Gasteiger partial charge on any atom is 0.154 e. The number of hydrogen-bond donors (Lipinski definition) is 4. The van der Waals surface area contributed by atoms with Gasteiger partial charge in [-0.15, -0.1) is 5.10 Å². The third kappa shape index (κ3) is 5.01. The Hall–Kier alpha value is -3.55. The first kappa shape index (κ1) is 21.7. The maximum absolute atomic E-state index is 8.61. The summed E-state index contributed by atoms with van der Waals surface area (Å²) in [4.78, 5) is 9.30.